The average Bonchev–Trinajstić information content (AvgIpc) is 3.05. The Bertz CT molecular complexity index is 940. The van der Waals surface area contributed by atoms with Gasteiger partial charge in [0, 0.05) is 18.2 Å². The van der Waals surface area contributed by atoms with Gasteiger partial charge in [0.15, 0.2) is 11.6 Å². The Morgan fingerprint density at radius 2 is 0.875 bits per heavy atom. The lowest BCUT2D eigenvalue weighted by Gasteiger charge is -2.06. The fourth-order valence-corrected chi connectivity index (χ4v) is 2.86. The molecule has 0 bridgehead atoms. The molecule has 0 atom stereocenters. The van der Waals surface area contributed by atoms with Crippen molar-refractivity contribution < 1.29 is 0 Å². The van der Waals surface area contributed by atoms with Crippen LogP contribution in [0.1, 0.15) is 0 Å². The molecule has 3 nitrogen and oxygen atoms in total. The summed E-state index contributed by atoms with van der Waals surface area (Å²) in [5.41, 5.74) is 4.54. The highest BCUT2D eigenvalue weighted by atomic mass is 15.3. The summed E-state index contributed by atoms with van der Waals surface area (Å²) in [5.74, 6) is 1.74. The maximum atomic E-state index is 4.38. The highest BCUT2D eigenvalue weighted by Crippen LogP contribution is 2.26. The molecule has 116 valence electrons. The molecule has 3 aromatic carbocycles. The minimum absolute atomic E-state index is 0.869. The fourth-order valence-electron chi connectivity index (χ4n) is 2.86. The van der Waals surface area contributed by atoms with E-state index < -0.39 is 0 Å². The molecule has 0 unspecified atom stereocenters. The third-order valence-corrected chi connectivity index (χ3v) is 4.16. The smallest absolute Gasteiger partial charge is 0.163 e. The van der Waals surface area contributed by atoms with E-state index in [1.807, 2.05) is 48.0 Å². The van der Waals surface area contributed by atoms with Crippen LogP contribution < -0.4 is 0 Å². The number of aromatic nitrogens is 3. The number of benzene rings is 3. The van der Waals surface area contributed by atoms with Gasteiger partial charge in [-0.1, -0.05) is 84.9 Å². The monoisotopic (exact) mass is 311 g/mol. The van der Waals surface area contributed by atoms with Gasteiger partial charge in [-0.2, -0.15) is 0 Å². The van der Waals surface area contributed by atoms with Crippen molar-refractivity contribution in [2.24, 2.45) is 7.05 Å². The quantitative estimate of drug-likeness (QED) is 0.543. The van der Waals surface area contributed by atoms with Gasteiger partial charge in [-0.3, -0.25) is 0 Å². The van der Waals surface area contributed by atoms with Crippen LogP contribution >= 0.6 is 0 Å². The molecular weight excluding hydrogens is 294 g/mol. The minimum Gasteiger partial charge on any atom is -0.310 e. The summed E-state index contributed by atoms with van der Waals surface area (Å²) in [6.07, 6.45) is 0. The molecular formula is C21H17N3. The average molecular weight is 311 g/mol. The Hall–Kier alpha value is -3.20. The third-order valence-electron chi connectivity index (χ3n) is 4.16. The second kappa shape index (κ2) is 6.13. The Morgan fingerprint density at radius 1 is 0.500 bits per heavy atom. The maximum absolute atomic E-state index is 4.38. The van der Waals surface area contributed by atoms with Gasteiger partial charge in [0.1, 0.15) is 0 Å². The first-order valence-electron chi connectivity index (χ1n) is 7.93. The molecule has 0 radical (unpaired) electrons. The van der Waals surface area contributed by atoms with Gasteiger partial charge in [0.25, 0.3) is 0 Å². The number of hydrogen-bond acceptors (Lipinski definition) is 2. The van der Waals surface area contributed by atoms with E-state index in [0.717, 1.165) is 22.8 Å². The van der Waals surface area contributed by atoms with Crippen LogP contribution in [-0.2, 0) is 7.05 Å². The summed E-state index contributed by atoms with van der Waals surface area (Å²) in [7, 11) is 2.00. The Balaban J connectivity index is 1.69. The van der Waals surface area contributed by atoms with E-state index in [9.17, 15) is 0 Å². The minimum atomic E-state index is 0.869. The number of hydrogen-bond donors (Lipinski definition) is 0. The zero-order valence-electron chi connectivity index (χ0n) is 13.4. The van der Waals surface area contributed by atoms with E-state index in [1.54, 1.807) is 0 Å². The molecule has 0 aliphatic carbocycles. The Kier molecular flexibility index (Phi) is 3.67. The van der Waals surface area contributed by atoms with Gasteiger partial charge in [0.05, 0.1) is 0 Å². The van der Waals surface area contributed by atoms with Gasteiger partial charge in [-0.15, -0.1) is 10.2 Å². The van der Waals surface area contributed by atoms with E-state index in [2.05, 4.69) is 58.7 Å². The predicted molar refractivity (Wildman–Crippen MR) is 97.3 cm³/mol. The van der Waals surface area contributed by atoms with Crippen LogP contribution in [0.15, 0.2) is 84.9 Å². The van der Waals surface area contributed by atoms with Crippen LogP contribution in [0.4, 0.5) is 0 Å². The van der Waals surface area contributed by atoms with Gasteiger partial charge in [0.2, 0.25) is 0 Å². The molecule has 0 amide bonds. The lowest BCUT2D eigenvalue weighted by molar-refractivity contribution is 0.930. The molecule has 0 aliphatic rings. The van der Waals surface area contributed by atoms with E-state index in [4.69, 9.17) is 0 Å². The predicted octanol–water partition coefficient (Wildman–Crippen LogP) is 4.82. The van der Waals surface area contributed by atoms with Crippen LogP contribution in [-0.4, -0.2) is 14.8 Å². The highest BCUT2D eigenvalue weighted by Gasteiger charge is 2.12. The van der Waals surface area contributed by atoms with E-state index in [1.165, 1.54) is 11.1 Å². The van der Waals surface area contributed by atoms with Crippen molar-refractivity contribution >= 4 is 0 Å². The molecule has 3 heteroatoms. The standard InChI is InChI=1S/C21H17N3/c1-24-20(18-10-6-3-7-11-18)22-23-21(24)19-14-12-17(13-15-19)16-8-4-2-5-9-16/h2-15H,1H3. The summed E-state index contributed by atoms with van der Waals surface area (Å²) in [5, 5.41) is 8.73. The van der Waals surface area contributed by atoms with Crippen LogP contribution in [0.3, 0.4) is 0 Å². The zero-order valence-corrected chi connectivity index (χ0v) is 13.4. The summed E-state index contributed by atoms with van der Waals surface area (Å²) in [4.78, 5) is 0. The molecule has 0 fully saturated rings. The molecule has 0 saturated heterocycles. The van der Waals surface area contributed by atoms with Crippen molar-refractivity contribution in [2.75, 3.05) is 0 Å². The van der Waals surface area contributed by atoms with E-state index in [0.29, 0.717) is 0 Å². The SMILES string of the molecule is Cn1c(-c2ccccc2)nnc1-c1ccc(-c2ccccc2)cc1. The molecule has 0 saturated carbocycles. The van der Waals surface area contributed by atoms with Gasteiger partial charge >= 0.3 is 0 Å². The Labute approximate surface area is 141 Å². The largest absolute Gasteiger partial charge is 0.310 e. The molecule has 4 aromatic rings. The van der Waals surface area contributed by atoms with Gasteiger partial charge < -0.3 is 4.57 Å². The summed E-state index contributed by atoms with van der Waals surface area (Å²) in [6.45, 7) is 0. The topological polar surface area (TPSA) is 30.7 Å². The van der Waals surface area contributed by atoms with Crippen molar-refractivity contribution in [3.63, 3.8) is 0 Å². The highest BCUT2D eigenvalue weighted by molar-refractivity contribution is 5.69. The van der Waals surface area contributed by atoms with E-state index in [-0.39, 0.29) is 0 Å². The Morgan fingerprint density at radius 3 is 1.42 bits per heavy atom. The molecule has 0 N–H and O–H groups in total. The first-order valence-corrected chi connectivity index (χ1v) is 7.93. The van der Waals surface area contributed by atoms with Crippen LogP contribution in [0, 0.1) is 0 Å². The molecule has 1 heterocycles. The van der Waals surface area contributed by atoms with Crippen molar-refractivity contribution in [1.29, 1.82) is 0 Å². The van der Waals surface area contributed by atoms with Crippen molar-refractivity contribution in [2.45, 2.75) is 0 Å². The van der Waals surface area contributed by atoms with Crippen molar-refractivity contribution in [3.8, 4) is 33.9 Å². The summed E-state index contributed by atoms with van der Waals surface area (Å²) < 4.78 is 2.03. The lowest BCUT2D eigenvalue weighted by atomic mass is 10.0. The molecule has 0 aliphatic heterocycles. The van der Waals surface area contributed by atoms with Crippen LogP contribution in [0.25, 0.3) is 33.9 Å². The van der Waals surface area contributed by atoms with E-state index >= 15 is 0 Å². The zero-order chi connectivity index (χ0) is 16.4. The van der Waals surface area contributed by atoms with Crippen molar-refractivity contribution in [1.82, 2.24) is 14.8 Å². The summed E-state index contributed by atoms with van der Waals surface area (Å²) >= 11 is 0. The van der Waals surface area contributed by atoms with Crippen LogP contribution in [0.5, 0.6) is 0 Å². The summed E-state index contributed by atoms with van der Waals surface area (Å²) in [6, 6.07) is 28.9. The third kappa shape index (κ3) is 2.61. The van der Waals surface area contributed by atoms with Crippen molar-refractivity contribution in [3.05, 3.63) is 84.9 Å². The number of nitrogens with zero attached hydrogens (tertiary/aromatic N) is 3. The normalized spacial score (nSPS) is 10.7. The molecule has 0 spiro atoms. The van der Waals surface area contributed by atoms with Gasteiger partial charge in [-0.25, -0.2) is 0 Å². The molecule has 4 rings (SSSR count). The second-order valence-corrected chi connectivity index (χ2v) is 5.72. The lowest BCUT2D eigenvalue weighted by Crippen LogP contribution is -1.95. The molecule has 24 heavy (non-hydrogen) atoms. The molecule has 1 aromatic heterocycles. The fraction of sp³-hybridized carbons (Fsp3) is 0.0476. The first-order chi connectivity index (χ1) is 11.8. The maximum Gasteiger partial charge on any atom is 0.163 e. The number of rotatable bonds is 3. The van der Waals surface area contributed by atoms with Gasteiger partial charge in [-0.05, 0) is 11.1 Å². The van der Waals surface area contributed by atoms with Crippen LogP contribution in [0.2, 0.25) is 0 Å². The first kappa shape index (κ1) is 14.4. The second-order valence-electron chi connectivity index (χ2n) is 5.72.